The molecule has 2 unspecified atom stereocenters. The van der Waals surface area contributed by atoms with E-state index >= 15 is 0 Å². The zero-order valence-electron chi connectivity index (χ0n) is 15.8. The fourth-order valence-electron chi connectivity index (χ4n) is 4.13. The zero-order chi connectivity index (χ0) is 18.0. The highest BCUT2D eigenvalue weighted by Gasteiger charge is 2.29. The van der Waals surface area contributed by atoms with Crippen molar-refractivity contribution in [3.8, 4) is 0 Å². The summed E-state index contributed by atoms with van der Waals surface area (Å²) in [6, 6.07) is 8.34. The second-order valence-electron chi connectivity index (χ2n) is 7.44. The van der Waals surface area contributed by atoms with Crippen molar-refractivity contribution in [3.63, 3.8) is 0 Å². The summed E-state index contributed by atoms with van der Waals surface area (Å²) in [5, 5.41) is 0. The maximum Gasteiger partial charge on any atom is 0.255 e. The quantitative estimate of drug-likeness (QED) is 0.837. The molecule has 1 saturated carbocycles. The van der Waals surface area contributed by atoms with Gasteiger partial charge in [-0.2, -0.15) is 0 Å². The van der Waals surface area contributed by atoms with Gasteiger partial charge in [-0.25, -0.2) is 0 Å². The van der Waals surface area contributed by atoms with Crippen LogP contribution in [-0.4, -0.2) is 33.4 Å². The molecule has 2 heterocycles. The lowest BCUT2D eigenvalue weighted by molar-refractivity contribution is 0.0628. The Morgan fingerprint density at radius 3 is 2.72 bits per heavy atom. The Morgan fingerprint density at radius 1 is 1.28 bits per heavy atom. The van der Waals surface area contributed by atoms with Crippen LogP contribution in [-0.2, 0) is 6.54 Å². The molecule has 0 bridgehead atoms. The largest absolute Gasteiger partial charge is 0.342 e. The molecule has 2 atom stereocenters. The Kier molecular flexibility index (Phi) is 5.26. The van der Waals surface area contributed by atoms with Crippen LogP contribution >= 0.6 is 0 Å². The van der Waals surface area contributed by atoms with Crippen molar-refractivity contribution in [2.75, 3.05) is 7.05 Å². The second kappa shape index (κ2) is 7.42. The van der Waals surface area contributed by atoms with Gasteiger partial charge in [0.25, 0.3) is 5.91 Å². The van der Waals surface area contributed by atoms with Gasteiger partial charge in [-0.15, -0.1) is 0 Å². The predicted octanol–water partition coefficient (Wildman–Crippen LogP) is 4.20. The van der Waals surface area contributed by atoms with Crippen molar-refractivity contribution in [3.05, 3.63) is 53.1 Å². The number of pyridine rings is 1. The summed E-state index contributed by atoms with van der Waals surface area (Å²) in [5.74, 6) is 0.735. The standard InChI is InChI=1S/C21H29N3O/c1-15-9-5-6-11-20(15)23(4)21(25)19-13-16(2)24(17(19)3)14-18-10-7-8-12-22-18/h7-8,10,12-13,15,20H,5-6,9,11,14H2,1-4H3. The number of aryl methyl sites for hydroxylation is 1. The molecule has 0 radical (unpaired) electrons. The monoisotopic (exact) mass is 339 g/mol. The topological polar surface area (TPSA) is 38.1 Å². The molecular formula is C21H29N3O. The Bertz CT molecular complexity index is 735. The first-order chi connectivity index (χ1) is 12.0. The molecular weight excluding hydrogens is 310 g/mol. The number of hydrogen-bond donors (Lipinski definition) is 0. The highest BCUT2D eigenvalue weighted by molar-refractivity contribution is 5.95. The summed E-state index contributed by atoms with van der Waals surface area (Å²) in [5.41, 5.74) is 3.98. The van der Waals surface area contributed by atoms with E-state index in [2.05, 4.69) is 23.4 Å². The van der Waals surface area contributed by atoms with Crippen molar-refractivity contribution in [1.29, 1.82) is 0 Å². The van der Waals surface area contributed by atoms with Crippen LogP contribution < -0.4 is 0 Å². The van der Waals surface area contributed by atoms with E-state index in [1.54, 1.807) is 0 Å². The van der Waals surface area contributed by atoms with E-state index < -0.39 is 0 Å². The fourth-order valence-corrected chi connectivity index (χ4v) is 4.13. The number of nitrogens with zero attached hydrogens (tertiary/aromatic N) is 3. The molecule has 1 aliphatic rings. The van der Waals surface area contributed by atoms with Gasteiger partial charge in [0.1, 0.15) is 0 Å². The minimum atomic E-state index is 0.152. The van der Waals surface area contributed by atoms with E-state index in [9.17, 15) is 4.79 Å². The minimum absolute atomic E-state index is 0.152. The minimum Gasteiger partial charge on any atom is -0.342 e. The SMILES string of the molecule is Cc1cc(C(=O)N(C)C2CCCCC2C)c(C)n1Cc1ccccn1. The molecule has 0 saturated heterocycles. The van der Waals surface area contributed by atoms with Gasteiger partial charge in [0.15, 0.2) is 0 Å². The van der Waals surface area contributed by atoms with Crippen LogP contribution in [0.3, 0.4) is 0 Å². The van der Waals surface area contributed by atoms with E-state index in [1.165, 1.54) is 19.3 Å². The fraction of sp³-hybridized carbons (Fsp3) is 0.524. The smallest absolute Gasteiger partial charge is 0.255 e. The Balaban J connectivity index is 1.82. The van der Waals surface area contributed by atoms with Crippen LogP contribution in [0.15, 0.2) is 30.5 Å². The molecule has 0 aliphatic heterocycles. The summed E-state index contributed by atoms with van der Waals surface area (Å²) in [6.07, 6.45) is 6.68. The van der Waals surface area contributed by atoms with Gasteiger partial charge >= 0.3 is 0 Å². The molecule has 0 N–H and O–H groups in total. The van der Waals surface area contributed by atoms with E-state index in [0.29, 0.717) is 18.5 Å². The van der Waals surface area contributed by atoms with Crippen molar-refractivity contribution in [2.24, 2.45) is 5.92 Å². The van der Waals surface area contributed by atoms with E-state index in [4.69, 9.17) is 0 Å². The third-order valence-corrected chi connectivity index (χ3v) is 5.73. The summed E-state index contributed by atoms with van der Waals surface area (Å²) < 4.78 is 2.19. The Morgan fingerprint density at radius 2 is 2.04 bits per heavy atom. The molecule has 1 aliphatic carbocycles. The number of carbonyl (C=O) groups excluding carboxylic acids is 1. The third-order valence-electron chi connectivity index (χ3n) is 5.73. The number of carbonyl (C=O) groups is 1. The average Bonchev–Trinajstić information content (AvgIpc) is 2.90. The molecule has 134 valence electrons. The molecule has 1 fully saturated rings. The molecule has 25 heavy (non-hydrogen) atoms. The summed E-state index contributed by atoms with van der Waals surface area (Å²) in [7, 11) is 1.97. The molecule has 2 aromatic rings. The second-order valence-corrected chi connectivity index (χ2v) is 7.44. The molecule has 0 spiro atoms. The molecule has 4 nitrogen and oxygen atoms in total. The number of rotatable bonds is 4. The number of aromatic nitrogens is 2. The number of hydrogen-bond acceptors (Lipinski definition) is 2. The van der Waals surface area contributed by atoms with Crippen LogP contribution in [0.25, 0.3) is 0 Å². The number of amides is 1. The van der Waals surface area contributed by atoms with Crippen LogP contribution in [0.2, 0.25) is 0 Å². The lowest BCUT2D eigenvalue weighted by atomic mass is 9.85. The van der Waals surface area contributed by atoms with Crippen molar-refractivity contribution >= 4 is 5.91 Å². The first-order valence-electron chi connectivity index (χ1n) is 9.33. The Labute approximate surface area is 150 Å². The van der Waals surface area contributed by atoms with Crippen LogP contribution in [0, 0.1) is 19.8 Å². The van der Waals surface area contributed by atoms with Gasteiger partial charge in [0.05, 0.1) is 17.8 Å². The highest BCUT2D eigenvalue weighted by Crippen LogP contribution is 2.29. The summed E-state index contributed by atoms with van der Waals surface area (Å²) >= 11 is 0. The van der Waals surface area contributed by atoms with Crippen LogP contribution in [0.5, 0.6) is 0 Å². The maximum atomic E-state index is 13.1. The summed E-state index contributed by atoms with van der Waals surface area (Å²) in [4.78, 5) is 19.5. The van der Waals surface area contributed by atoms with Gasteiger partial charge in [-0.3, -0.25) is 9.78 Å². The first kappa shape index (κ1) is 17.7. The van der Waals surface area contributed by atoms with Gasteiger partial charge in [-0.1, -0.05) is 25.8 Å². The molecule has 4 heteroatoms. The Hall–Kier alpha value is -2.10. The van der Waals surface area contributed by atoms with Gasteiger partial charge < -0.3 is 9.47 Å². The normalized spacial score (nSPS) is 20.5. The van der Waals surface area contributed by atoms with Crippen molar-refractivity contribution in [1.82, 2.24) is 14.5 Å². The average molecular weight is 339 g/mol. The van der Waals surface area contributed by atoms with Crippen LogP contribution in [0.1, 0.15) is 60.0 Å². The highest BCUT2D eigenvalue weighted by atomic mass is 16.2. The lowest BCUT2D eigenvalue weighted by Crippen LogP contribution is -2.42. The molecule has 0 aromatic carbocycles. The third kappa shape index (κ3) is 3.63. The van der Waals surface area contributed by atoms with Gasteiger partial charge in [-0.05, 0) is 50.8 Å². The van der Waals surface area contributed by atoms with Crippen LogP contribution in [0.4, 0.5) is 0 Å². The predicted molar refractivity (Wildman–Crippen MR) is 101 cm³/mol. The van der Waals surface area contributed by atoms with Crippen molar-refractivity contribution in [2.45, 2.75) is 59.0 Å². The molecule has 1 amide bonds. The zero-order valence-corrected chi connectivity index (χ0v) is 15.8. The van der Waals surface area contributed by atoms with E-state index in [-0.39, 0.29) is 5.91 Å². The summed E-state index contributed by atoms with van der Waals surface area (Å²) in [6.45, 7) is 7.09. The van der Waals surface area contributed by atoms with E-state index in [0.717, 1.165) is 29.1 Å². The maximum absolute atomic E-state index is 13.1. The lowest BCUT2D eigenvalue weighted by Gasteiger charge is -2.36. The molecule has 2 aromatic heterocycles. The van der Waals surface area contributed by atoms with Gasteiger partial charge in [0.2, 0.25) is 0 Å². The van der Waals surface area contributed by atoms with Crippen molar-refractivity contribution < 1.29 is 4.79 Å². The first-order valence-corrected chi connectivity index (χ1v) is 9.33. The van der Waals surface area contributed by atoms with Gasteiger partial charge in [0, 0.05) is 30.7 Å². The van der Waals surface area contributed by atoms with E-state index in [1.807, 2.05) is 49.3 Å². The molecule has 3 rings (SSSR count).